The van der Waals surface area contributed by atoms with Crippen LogP contribution < -0.4 is 60.7 Å². The number of alkyl carbamates (subject to hydrolysis) is 1. The third-order valence-corrected chi connectivity index (χ3v) is 16.1. The molecule has 12 N–H and O–H groups in total. The number of rotatable bonds is 24. The Balaban J connectivity index is 0.00000101. The number of esters is 1. The molecule has 0 aromatic heterocycles. The summed E-state index contributed by atoms with van der Waals surface area (Å²) in [4.78, 5) is 106. The molecule has 0 saturated heterocycles. The standard InChI is InChI=1S/C41H48Cl2N4O9.C30H30Cl2N4O5.CH4.Li.2H2O.2H2S/c1-40(2,3)55-38(51)46-34(47-39(52)56-41(4,5)6)20-24-13-16-33-28(19-24)31(17-18-54-33)44-23-27(48)14-15-32(37(50)53-7)45-36(49)35-29(42)21-26(22-30(35)43)25-11-9-8-10-12-25;31-22-14-19(18-4-2-1-3-5-18)15-23(32)28(22)29(38)36-25(30(39)40)8-7-20(37)16-35-24-10-11-41-26-9-6-17(12-21(24)26)13-27(33)34;;;;;;/h8-13,16,19,21-22,31-32,44H,14-15,17-18,20,23H2,1-7H3,(H,45,49)(H,46,47,51,52);1-6,9,12,14-15,24-25,35H,7-8,10-11,13,16H2,(H3,33,34)(H,36,38)(H,39,40);1H4;;4*1H2/q;;;+1;;;;/p-1/t31?,32-;24?,25-;;;;;;/m00....../s1. The van der Waals surface area contributed by atoms with Gasteiger partial charge in [0.2, 0.25) is 0 Å². The van der Waals surface area contributed by atoms with E-state index in [0.717, 1.165) is 33.4 Å². The number of nitrogens with two attached hydrogens (primary N) is 1. The number of carbonyl (C=O) groups excluding carboxylic acids is 7. The summed E-state index contributed by atoms with van der Waals surface area (Å²) < 4.78 is 27.2. The molecule has 24 nitrogen and oxygen atoms in total. The van der Waals surface area contributed by atoms with Gasteiger partial charge in [-0.05, 0) is 124 Å². The van der Waals surface area contributed by atoms with E-state index in [1.54, 1.807) is 77.9 Å². The number of hydrogen-bond donors (Lipinski definition) is 8. The molecule has 2 aliphatic heterocycles. The number of Topliss-reactive ketones (excluding diaryl/α,β-unsaturated/α-hetero) is 2. The van der Waals surface area contributed by atoms with Crippen LogP contribution in [0.2, 0.25) is 20.1 Å². The van der Waals surface area contributed by atoms with Crippen LogP contribution in [0.5, 0.6) is 11.5 Å². The van der Waals surface area contributed by atoms with Crippen LogP contribution in [0.25, 0.3) is 22.3 Å². The van der Waals surface area contributed by atoms with Gasteiger partial charge in [0, 0.05) is 61.7 Å². The van der Waals surface area contributed by atoms with Crippen molar-refractivity contribution in [1.29, 1.82) is 5.41 Å². The normalized spacial score (nSPS) is 13.9. The maximum atomic E-state index is 13.3. The number of ketones is 2. The fraction of sp³-hybridized carbons (Fsp3) is 0.361. The number of ether oxygens (including phenoxy) is 5. The van der Waals surface area contributed by atoms with Gasteiger partial charge >= 0.3 is 43.0 Å². The predicted octanol–water partition coefficient (Wildman–Crippen LogP) is 9.44. The predicted molar refractivity (Wildman–Crippen MR) is 404 cm³/mol. The van der Waals surface area contributed by atoms with Crippen LogP contribution in [0.4, 0.5) is 9.59 Å². The fourth-order valence-electron chi connectivity index (χ4n) is 10.4. The van der Waals surface area contributed by atoms with E-state index in [2.05, 4.69) is 31.6 Å². The minimum atomic E-state index is -1.31. The summed E-state index contributed by atoms with van der Waals surface area (Å²) in [7, 11) is 1.19. The average molecular weight is 1540 g/mol. The zero-order chi connectivity index (χ0) is 70.7. The molecule has 8 rings (SSSR count). The van der Waals surface area contributed by atoms with Crippen LogP contribution in [0.15, 0.2) is 126 Å². The zero-order valence-corrected chi connectivity index (χ0v) is 62.6. The maximum absolute atomic E-state index is 13.3. The SMILES string of the molecule is C.COC(=O)[C@H](CCC(=O)CNC1CCOc2ccc(CC(=NC(=O)OC(C)(C)C)NC(=O)OC(C)(C)C)cc21)NC(=O)c1c(Cl)cc(-c2ccccc2)cc1Cl.N=C(N)Cc1ccc2c(c1)C(NCC(=O)CC[C@H](NC(=O)c1c(Cl)cc(-c3ccccc3)cc1Cl)C(=O)O)CCO2.O.S.S.[Li+].[OH-]. The fourth-order valence-corrected chi connectivity index (χ4v) is 11.7. The molecule has 6 aromatic rings. The quantitative estimate of drug-likeness (QED) is 0.00919. The monoisotopic (exact) mass is 1530 g/mol. The van der Waals surface area contributed by atoms with Gasteiger partial charge in [-0.25, -0.2) is 19.2 Å². The summed E-state index contributed by atoms with van der Waals surface area (Å²) in [5, 5.41) is 31.7. The summed E-state index contributed by atoms with van der Waals surface area (Å²) in [6.45, 7) is 11.1. The number of hydrogen-bond acceptors (Lipinski definition) is 17. The van der Waals surface area contributed by atoms with Crippen LogP contribution in [-0.2, 0) is 46.2 Å². The molecule has 0 radical (unpaired) electrons. The van der Waals surface area contributed by atoms with Crippen molar-refractivity contribution in [3.05, 3.63) is 175 Å². The number of aliphatic carboxylic acids is 1. The number of halogens is 4. The molecule has 0 spiro atoms. The molecule has 0 saturated carbocycles. The van der Waals surface area contributed by atoms with E-state index in [1.165, 1.54) is 7.11 Å². The number of amides is 4. The van der Waals surface area contributed by atoms with Gasteiger partial charge in [-0.2, -0.15) is 32.0 Å². The molecule has 0 bridgehead atoms. The molecular formula is C72H89Cl4LiN8O16S2. The number of fused-ring (bicyclic) bond motifs is 2. The number of amidine groups is 2. The molecule has 2 unspecified atom stereocenters. The minimum absolute atomic E-state index is 0. The van der Waals surface area contributed by atoms with Gasteiger partial charge in [0.1, 0.15) is 52.2 Å². The first-order chi connectivity index (χ1) is 45.9. The van der Waals surface area contributed by atoms with E-state index in [9.17, 15) is 43.5 Å². The smallest absolute Gasteiger partial charge is 0.870 e. The summed E-state index contributed by atoms with van der Waals surface area (Å²) in [6, 6.07) is 33.3. The van der Waals surface area contributed by atoms with Gasteiger partial charge < -0.3 is 66.7 Å². The Kier molecular flexibility index (Phi) is 39.5. The first-order valence-corrected chi connectivity index (χ1v) is 32.6. The average Bonchev–Trinajstić information content (AvgIpc) is 0.830. The summed E-state index contributed by atoms with van der Waals surface area (Å²) in [5.74, 6) is -2.46. The van der Waals surface area contributed by atoms with Gasteiger partial charge in [0.15, 0.2) is 0 Å². The summed E-state index contributed by atoms with van der Waals surface area (Å²) in [5.41, 5.74) is 10.3. The van der Waals surface area contributed by atoms with Crippen LogP contribution >= 0.6 is 73.4 Å². The van der Waals surface area contributed by atoms with Crippen molar-refractivity contribution >= 4 is 133 Å². The second-order valence-electron chi connectivity index (χ2n) is 24.9. The number of carboxylic acids is 1. The second kappa shape index (κ2) is 43.6. The number of methoxy groups -OCH3 is 1. The van der Waals surface area contributed by atoms with E-state index in [0.29, 0.717) is 55.1 Å². The Morgan fingerprint density at radius 3 is 1.40 bits per heavy atom. The van der Waals surface area contributed by atoms with Crippen molar-refractivity contribution in [3.63, 3.8) is 0 Å². The molecule has 0 aliphatic carbocycles. The molecule has 2 heterocycles. The molecule has 554 valence electrons. The molecule has 4 amide bonds. The molecule has 103 heavy (non-hydrogen) atoms. The molecule has 2 aliphatic rings. The maximum Gasteiger partial charge on any atom is 1.00 e. The Morgan fingerprint density at radius 2 is 1.01 bits per heavy atom. The van der Waals surface area contributed by atoms with E-state index in [-0.39, 0.29) is 176 Å². The Bertz CT molecular complexity index is 3900. The van der Waals surface area contributed by atoms with Crippen LogP contribution in [0.1, 0.15) is 143 Å². The molecule has 6 aromatic carbocycles. The van der Waals surface area contributed by atoms with E-state index in [4.69, 9.17) is 81.2 Å². The Hall–Kier alpha value is -7.68. The van der Waals surface area contributed by atoms with Gasteiger partial charge in [0.05, 0.1) is 70.5 Å². The number of nitrogens with zero attached hydrogens (tertiary/aromatic N) is 1. The summed E-state index contributed by atoms with van der Waals surface area (Å²) in [6.07, 6.45) is -0.369. The summed E-state index contributed by atoms with van der Waals surface area (Å²) >= 11 is 25.7. The number of carboxylic acid groups (broad SMARTS) is 1. The van der Waals surface area contributed by atoms with Gasteiger partial charge in [0.25, 0.3) is 11.8 Å². The first kappa shape index (κ1) is 93.3. The van der Waals surface area contributed by atoms with Crippen molar-refractivity contribution in [3.8, 4) is 33.8 Å². The van der Waals surface area contributed by atoms with Gasteiger partial charge in [-0.3, -0.25) is 29.9 Å². The van der Waals surface area contributed by atoms with Crippen LogP contribution in [0, 0.1) is 5.41 Å². The van der Waals surface area contributed by atoms with Crippen LogP contribution in [0.3, 0.4) is 0 Å². The Morgan fingerprint density at radius 1 is 0.612 bits per heavy atom. The Labute approximate surface area is 645 Å². The minimum Gasteiger partial charge on any atom is -0.870 e. The van der Waals surface area contributed by atoms with Gasteiger partial charge in [-0.1, -0.05) is 139 Å². The van der Waals surface area contributed by atoms with Crippen LogP contribution in [-0.4, -0.2) is 132 Å². The number of carbonyl (C=O) groups is 8. The van der Waals surface area contributed by atoms with Crippen molar-refractivity contribution < 1.29 is 97.0 Å². The number of benzene rings is 6. The number of aliphatic imine (C=N–C) groups is 1. The largest absolute Gasteiger partial charge is 1.00 e. The second-order valence-corrected chi connectivity index (χ2v) is 26.5. The molecule has 4 atom stereocenters. The van der Waals surface area contributed by atoms with Gasteiger partial charge in [-0.15, -0.1) is 0 Å². The van der Waals surface area contributed by atoms with E-state index >= 15 is 0 Å². The zero-order valence-electron chi connectivity index (χ0n) is 57.6. The van der Waals surface area contributed by atoms with Crippen molar-refractivity contribution in [2.45, 2.75) is 136 Å². The van der Waals surface area contributed by atoms with Crippen molar-refractivity contribution in [1.82, 2.24) is 26.6 Å². The first-order valence-electron chi connectivity index (χ1n) is 31.1. The topological polar surface area (TPSA) is 387 Å². The number of nitrogens with one attached hydrogen (secondary N) is 6. The molecular weight excluding hydrogens is 1450 g/mol. The van der Waals surface area contributed by atoms with Crippen molar-refractivity contribution in [2.75, 3.05) is 33.4 Å². The van der Waals surface area contributed by atoms with E-state index < -0.39 is 59.2 Å². The third kappa shape index (κ3) is 29.1. The third-order valence-electron chi connectivity index (χ3n) is 14.9. The molecule has 0 fully saturated rings. The van der Waals surface area contributed by atoms with Crippen molar-refractivity contribution in [2.24, 2.45) is 10.7 Å². The van der Waals surface area contributed by atoms with E-state index in [1.807, 2.05) is 84.9 Å². The molecule has 31 heteroatoms.